The molecule has 5 heteroatoms. The van der Waals surface area contributed by atoms with Gasteiger partial charge < -0.3 is 15.0 Å². The molecule has 1 amide bonds. The molecule has 1 heterocycles. The first-order valence-electron chi connectivity index (χ1n) is 8.77. The van der Waals surface area contributed by atoms with Gasteiger partial charge in [0.15, 0.2) is 6.10 Å². The minimum Gasteiger partial charge on any atom is -0.481 e. The first-order valence-corrected chi connectivity index (χ1v) is 8.77. The van der Waals surface area contributed by atoms with Gasteiger partial charge in [-0.05, 0) is 55.5 Å². The molecule has 0 radical (unpaired) electrons. The molecule has 0 unspecified atom stereocenters. The van der Waals surface area contributed by atoms with Crippen LogP contribution in [0, 0.1) is 0 Å². The Hall–Kier alpha value is -3.60. The van der Waals surface area contributed by atoms with Gasteiger partial charge in [-0.25, -0.2) is 4.98 Å². The fourth-order valence-electron chi connectivity index (χ4n) is 2.80. The van der Waals surface area contributed by atoms with Crippen LogP contribution in [0.4, 0.5) is 5.69 Å². The number of benzene rings is 3. The number of imidazole rings is 1. The normalized spacial score (nSPS) is 11.9. The molecule has 5 nitrogen and oxygen atoms in total. The Morgan fingerprint density at radius 1 is 0.963 bits per heavy atom. The van der Waals surface area contributed by atoms with Gasteiger partial charge in [0.05, 0.1) is 11.0 Å². The van der Waals surface area contributed by atoms with E-state index in [1.54, 1.807) is 6.92 Å². The third-order valence-corrected chi connectivity index (χ3v) is 4.24. The van der Waals surface area contributed by atoms with Crippen molar-refractivity contribution in [3.8, 4) is 17.1 Å². The standard InChI is InChI=1S/C22H19N3O2/c1-15(27-18-7-3-2-4-8-18)22(26)23-17-13-11-16(12-14-17)21-24-19-9-5-6-10-20(19)25-21/h2-15H,1H3,(H,23,26)(H,24,25)/t15-/m1/s1. The van der Waals surface area contributed by atoms with Crippen LogP contribution < -0.4 is 10.1 Å². The molecule has 1 aromatic heterocycles. The van der Waals surface area contributed by atoms with Crippen LogP contribution in [0.1, 0.15) is 6.92 Å². The van der Waals surface area contributed by atoms with Crippen LogP contribution in [0.25, 0.3) is 22.4 Å². The van der Waals surface area contributed by atoms with Gasteiger partial charge in [-0.1, -0.05) is 30.3 Å². The van der Waals surface area contributed by atoms with Crippen molar-refractivity contribution in [2.24, 2.45) is 0 Å². The molecule has 0 fully saturated rings. The quantitative estimate of drug-likeness (QED) is 0.547. The number of aromatic amines is 1. The maximum atomic E-state index is 12.3. The Morgan fingerprint density at radius 2 is 1.67 bits per heavy atom. The van der Waals surface area contributed by atoms with Crippen molar-refractivity contribution in [1.29, 1.82) is 0 Å². The number of fused-ring (bicyclic) bond motifs is 1. The van der Waals surface area contributed by atoms with E-state index >= 15 is 0 Å². The fraction of sp³-hybridized carbons (Fsp3) is 0.0909. The number of carbonyl (C=O) groups excluding carboxylic acids is 1. The van der Waals surface area contributed by atoms with Gasteiger partial charge in [0.25, 0.3) is 5.91 Å². The van der Waals surface area contributed by atoms with Crippen LogP contribution in [0.3, 0.4) is 0 Å². The summed E-state index contributed by atoms with van der Waals surface area (Å²) in [4.78, 5) is 20.2. The number of nitrogens with zero attached hydrogens (tertiary/aromatic N) is 1. The topological polar surface area (TPSA) is 67.0 Å². The largest absolute Gasteiger partial charge is 0.481 e. The van der Waals surface area contributed by atoms with Crippen LogP contribution in [-0.2, 0) is 4.79 Å². The molecule has 0 aliphatic rings. The number of nitrogens with one attached hydrogen (secondary N) is 2. The van der Waals surface area contributed by atoms with Crippen LogP contribution in [0.5, 0.6) is 5.75 Å². The highest BCUT2D eigenvalue weighted by Gasteiger charge is 2.15. The molecule has 27 heavy (non-hydrogen) atoms. The van der Waals surface area contributed by atoms with Crippen molar-refractivity contribution in [2.75, 3.05) is 5.32 Å². The summed E-state index contributed by atoms with van der Waals surface area (Å²) in [5.41, 5.74) is 3.59. The molecule has 4 rings (SSSR count). The Bertz CT molecular complexity index is 1020. The SMILES string of the molecule is C[C@@H](Oc1ccccc1)C(=O)Nc1ccc(-c2nc3ccccc3[nH]2)cc1. The molecule has 1 atom stereocenters. The minimum atomic E-state index is -0.595. The zero-order valence-electron chi connectivity index (χ0n) is 14.8. The number of ether oxygens (including phenoxy) is 1. The third-order valence-electron chi connectivity index (χ3n) is 4.24. The predicted molar refractivity (Wildman–Crippen MR) is 107 cm³/mol. The summed E-state index contributed by atoms with van der Waals surface area (Å²) in [5.74, 6) is 1.27. The van der Waals surface area contributed by atoms with Gasteiger partial charge in [-0.15, -0.1) is 0 Å². The Balaban J connectivity index is 1.43. The van der Waals surface area contributed by atoms with E-state index in [1.165, 1.54) is 0 Å². The molecule has 134 valence electrons. The maximum absolute atomic E-state index is 12.3. The molecular formula is C22H19N3O2. The summed E-state index contributed by atoms with van der Waals surface area (Å²) >= 11 is 0. The first-order chi connectivity index (χ1) is 13.2. The highest BCUT2D eigenvalue weighted by Crippen LogP contribution is 2.22. The molecule has 0 aliphatic carbocycles. The highest BCUT2D eigenvalue weighted by molar-refractivity contribution is 5.94. The number of hydrogen-bond acceptors (Lipinski definition) is 3. The smallest absolute Gasteiger partial charge is 0.265 e. The molecule has 4 aromatic rings. The molecular weight excluding hydrogens is 338 g/mol. The van der Waals surface area contributed by atoms with Crippen LogP contribution in [0.2, 0.25) is 0 Å². The summed E-state index contributed by atoms with van der Waals surface area (Å²) in [7, 11) is 0. The number of carbonyl (C=O) groups is 1. The summed E-state index contributed by atoms with van der Waals surface area (Å²) in [6.07, 6.45) is -0.595. The van der Waals surface area contributed by atoms with E-state index in [0.717, 1.165) is 22.4 Å². The van der Waals surface area contributed by atoms with Crippen molar-refractivity contribution in [3.05, 3.63) is 78.9 Å². The number of H-pyrrole nitrogens is 1. The molecule has 0 saturated heterocycles. The predicted octanol–water partition coefficient (Wildman–Crippen LogP) is 4.64. The lowest BCUT2D eigenvalue weighted by Gasteiger charge is -2.14. The second kappa shape index (κ2) is 7.33. The number of anilines is 1. The van der Waals surface area contributed by atoms with E-state index in [2.05, 4.69) is 15.3 Å². The first kappa shape index (κ1) is 16.8. The Morgan fingerprint density at radius 3 is 2.41 bits per heavy atom. The molecule has 0 saturated carbocycles. The average Bonchev–Trinajstić information content (AvgIpc) is 3.13. The van der Waals surface area contributed by atoms with Gasteiger partial charge in [0.1, 0.15) is 11.6 Å². The summed E-state index contributed by atoms with van der Waals surface area (Å²) in [6, 6.07) is 24.8. The minimum absolute atomic E-state index is 0.199. The second-order valence-corrected chi connectivity index (χ2v) is 6.24. The van der Waals surface area contributed by atoms with Crippen molar-refractivity contribution >= 4 is 22.6 Å². The summed E-state index contributed by atoms with van der Waals surface area (Å²) in [5, 5.41) is 2.87. The van der Waals surface area contributed by atoms with E-state index in [9.17, 15) is 4.79 Å². The van der Waals surface area contributed by atoms with Crippen molar-refractivity contribution < 1.29 is 9.53 Å². The van der Waals surface area contributed by atoms with E-state index < -0.39 is 6.10 Å². The van der Waals surface area contributed by atoms with Gasteiger partial charge in [-0.2, -0.15) is 0 Å². The zero-order valence-corrected chi connectivity index (χ0v) is 14.8. The van der Waals surface area contributed by atoms with E-state index in [0.29, 0.717) is 11.4 Å². The van der Waals surface area contributed by atoms with E-state index in [1.807, 2.05) is 78.9 Å². The molecule has 0 bridgehead atoms. The van der Waals surface area contributed by atoms with Crippen molar-refractivity contribution in [1.82, 2.24) is 9.97 Å². The molecule has 2 N–H and O–H groups in total. The van der Waals surface area contributed by atoms with Crippen molar-refractivity contribution in [3.63, 3.8) is 0 Å². The second-order valence-electron chi connectivity index (χ2n) is 6.24. The van der Waals surface area contributed by atoms with E-state index in [-0.39, 0.29) is 5.91 Å². The van der Waals surface area contributed by atoms with Gasteiger partial charge in [0, 0.05) is 11.3 Å². The number of hydrogen-bond donors (Lipinski definition) is 2. The number of rotatable bonds is 5. The summed E-state index contributed by atoms with van der Waals surface area (Å²) in [6.45, 7) is 1.73. The van der Waals surface area contributed by atoms with Gasteiger partial charge in [0.2, 0.25) is 0 Å². The third kappa shape index (κ3) is 3.82. The zero-order chi connectivity index (χ0) is 18.6. The molecule has 0 spiro atoms. The maximum Gasteiger partial charge on any atom is 0.265 e. The number of para-hydroxylation sites is 3. The average molecular weight is 357 g/mol. The number of aromatic nitrogens is 2. The van der Waals surface area contributed by atoms with Gasteiger partial charge >= 0.3 is 0 Å². The Kier molecular flexibility index (Phi) is 4.58. The van der Waals surface area contributed by atoms with Crippen LogP contribution in [0.15, 0.2) is 78.9 Å². The highest BCUT2D eigenvalue weighted by atomic mass is 16.5. The van der Waals surface area contributed by atoms with E-state index in [4.69, 9.17) is 4.74 Å². The van der Waals surface area contributed by atoms with Crippen molar-refractivity contribution in [2.45, 2.75) is 13.0 Å². The number of amides is 1. The Labute approximate surface area is 157 Å². The van der Waals surface area contributed by atoms with Crippen LogP contribution in [-0.4, -0.2) is 22.0 Å². The van der Waals surface area contributed by atoms with Gasteiger partial charge in [-0.3, -0.25) is 4.79 Å². The van der Waals surface area contributed by atoms with Crippen LogP contribution >= 0.6 is 0 Å². The molecule has 0 aliphatic heterocycles. The summed E-state index contributed by atoms with van der Waals surface area (Å²) < 4.78 is 5.65. The fourth-order valence-corrected chi connectivity index (χ4v) is 2.80. The lowest BCUT2D eigenvalue weighted by molar-refractivity contribution is -0.122. The lowest BCUT2D eigenvalue weighted by atomic mass is 10.2. The monoisotopic (exact) mass is 357 g/mol. The molecule has 3 aromatic carbocycles. The lowest BCUT2D eigenvalue weighted by Crippen LogP contribution is -2.30.